The number of nitrogens with zero attached hydrogens (tertiary/aromatic N) is 1. The number of rotatable bonds is 5. The summed E-state index contributed by atoms with van der Waals surface area (Å²) in [4.78, 5) is 2.52. The van der Waals surface area contributed by atoms with Crippen molar-refractivity contribution in [1.29, 1.82) is 0 Å². The summed E-state index contributed by atoms with van der Waals surface area (Å²) in [5, 5.41) is 4.73. The van der Waals surface area contributed by atoms with Gasteiger partial charge in [-0.05, 0) is 156 Å². The molecule has 0 spiro atoms. The van der Waals surface area contributed by atoms with Crippen molar-refractivity contribution in [3.8, 4) is 55.6 Å². The van der Waals surface area contributed by atoms with Crippen LogP contribution in [0.1, 0.15) is 101 Å². The van der Waals surface area contributed by atoms with Crippen LogP contribution in [0.2, 0.25) is 0 Å². The molecule has 0 fully saturated rings. The van der Waals surface area contributed by atoms with Crippen LogP contribution in [0.4, 0.5) is 17.1 Å². The number of hydrogen-bond acceptors (Lipinski definition) is 3. The quantitative estimate of drug-likeness (QED) is 0.172. The zero-order valence-electron chi connectivity index (χ0n) is 44.7. The maximum atomic E-state index is 6.92. The molecule has 0 N–H and O–H groups in total. The monoisotopic (exact) mass is 981 g/mol. The molecule has 0 bridgehead atoms. The second-order valence-electron chi connectivity index (χ2n) is 24.4. The average Bonchev–Trinajstić information content (AvgIpc) is 4.37. The molecule has 12 aromatic rings. The SMILES string of the molecule is CC(C)(C)c1ccc(-c2cc3c(c4c2oc2ccccc24)-c2ccc(N(c4ccc5c(c4)C(C)(C)c4cc6c(cc4-5)C(C)(C)c4ccc5oc7ccccc7c5c4-6)c4ccccc4-c4ccccc4)cc2C3(C)C)cc1. The molecule has 10 aromatic carbocycles. The van der Waals surface area contributed by atoms with Crippen LogP contribution in [-0.2, 0) is 21.7 Å². The largest absolute Gasteiger partial charge is 0.456 e. The third-order valence-electron chi connectivity index (χ3n) is 18.0. The van der Waals surface area contributed by atoms with Gasteiger partial charge in [0.2, 0.25) is 0 Å². The van der Waals surface area contributed by atoms with Gasteiger partial charge >= 0.3 is 0 Å². The normalized spacial score (nSPS) is 15.2. The summed E-state index contributed by atoms with van der Waals surface area (Å²) in [5.74, 6) is 0. The molecular weight excluding hydrogens is 923 g/mol. The molecule has 76 heavy (non-hydrogen) atoms. The lowest BCUT2D eigenvalue weighted by Gasteiger charge is -2.31. The van der Waals surface area contributed by atoms with Gasteiger partial charge in [-0.1, -0.05) is 190 Å². The van der Waals surface area contributed by atoms with Gasteiger partial charge in [0.15, 0.2) is 0 Å². The van der Waals surface area contributed by atoms with Gasteiger partial charge in [0.25, 0.3) is 0 Å². The summed E-state index contributed by atoms with van der Waals surface area (Å²) < 4.78 is 13.4. The van der Waals surface area contributed by atoms with Crippen LogP contribution in [0, 0.1) is 0 Å². The molecule has 15 rings (SSSR count). The molecule has 3 aliphatic rings. The Balaban J connectivity index is 0.911. The third kappa shape index (κ3) is 6.11. The maximum absolute atomic E-state index is 6.92. The minimum absolute atomic E-state index is 0.0546. The van der Waals surface area contributed by atoms with Crippen molar-refractivity contribution in [3.63, 3.8) is 0 Å². The van der Waals surface area contributed by atoms with Crippen LogP contribution in [0.15, 0.2) is 203 Å². The van der Waals surface area contributed by atoms with Gasteiger partial charge in [-0.3, -0.25) is 0 Å². The van der Waals surface area contributed by atoms with Gasteiger partial charge in [-0.15, -0.1) is 0 Å². The van der Waals surface area contributed by atoms with Gasteiger partial charge in [-0.25, -0.2) is 0 Å². The van der Waals surface area contributed by atoms with Crippen molar-refractivity contribution < 1.29 is 8.83 Å². The fourth-order valence-corrected chi connectivity index (χ4v) is 13.9. The van der Waals surface area contributed by atoms with Crippen LogP contribution in [0.3, 0.4) is 0 Å². The summed E-state index contributed by atoms with van der Waals surface area (Å²) in [6, 6.07) is 72.5. The van der Waals surface area contributed by atoms with Crippen LogP contribution in [0.5, 0.6) is 0 Å². The predicted molar refractivity (Wildman–Crippen MR) is 318 cm³/mol. The third-order valence-corrected chi connectivity index (χ3v) is 18.0. The Hall–Kier alpha value is -8.40. The number of anilines is 3. The summed E-state index contributed by atoms with van der Waals surface area (Å²) in [7, 11) is 0. The minimum atomic E-state index is -0.333. The molecular formula is C73H59NO2. The Morgan fingerprint density at radius 3 is 1.61 bits per heavy atom. The van der Waals surface area contributed by atoms with E-state index in [0.29, 0.717) is 0 Å². The molecule has 0 atom stereocenters. The summed E-state index contributed by atoms with van der Waals surface area (Å²) in [6.07, 6.45) is 0. The molecule has 0 unspecified atom stereocenters. The highest BCUT2D eigenvalue weighted by molar-refractivity contribution is 6.19. The molecule has 0 amide bonds. The summed E-state index contributed by atoms with van der Waals surface area (Å²) in [5.41, 5.74) is 28.2. The van der Waals surface area contributed by atoms with Crippen LogP contribution >= 0.6 is 0 Å². The van der Waals surface area contributed by atoms with E-state index in [2.05, 4.69) is 261 Å². The lowest BCUT2D eigenvalue weighted by molar-refractivity contribution is 0.590. The molecule has 0 saturated heterocycles. The number of hydrogen-bond donors (Lipinski definition) is 0. The molecule has 2 aromatic heterocycles. The maximum Gasteiger partial charge on any atom is 0.143 e. The highest BCUT2D eigenvalue weighted by Gasteiger charge is 2.44. The number of furan rings is 2. The van der Waals surface area contributed by atoms with E-state index in [-0.39, 0.29) is 21.7 Å². The molecule has 3 heteroatoms. The van der Waals surface area contributed by atoms with Gasteiger partial charge in [0.05, 0.1) is 5.69 Å². The van der Waals surface area contributed by atoms with Crippen molar-refractivity contribution in [2.24, 2.45) is 0 Å². The highest BCUT2D eigenvalue weighted by Crippen LogP contribution is 2.60. The summed E-state index contributed by atoms with van der Waals surface area (Å²) in [6.45, 7) is 21.3. The molecule has 0 aliphatic heterocycles. The fourth-order valence-electron chi connectivity index (χ4n) is 13.9. The topological polar surface area (TPSA) is 29.5 Å². The summed E-state index contributed by atoms with van der Waals surface area (Å²) >= 11 is 0. The fraction of sp³-hybridized carbons (Fsp3) is 0.178. The Kier molecular flexibility index (Phi) is 9.10. The Bertz CT molecular complexity index is 4450. The van der Waals surface area contributed by atoms with E-state index >= 15 is 0 Å². The van der Waals surface area contributed by atoms with E-state index in [1.165, 1.54) is 105 Å². The van der Waals surface area contributed by atoms with Gasteiger partial charge in [-0.2, -0.15) is 0 Å². The lowest BCUT2D eigenvalue weighted by Crippen LogP contribution is -2.18. The van der Waals surface area contributed by atoms with Crippen LogP contribution < -0.4 is 4.90 Å². The first kappa shape index (κ1) is 45.0. The molecule has 0 saturated carbocycles. The Morgan fingerprint density at radius 2 is 0.882 bits per heavy atom. The van der Waals surface area contributed by atoms with E-state index in [0.717, 1.165) is 50.3 Å². The zero-order valence-corrected chi connectivity index (χ0v) is 44.7. The first-order valence-corrected chi connectivity index (χ1v) is 27.1. The van der Waals surface area contributed by atoms with Gasteiger partial charge < -0.3 is 13.7 Å². The second kappa shape index (κ2) is 15.4. The molecule has 2 heterocycles. The Morgan fingerprint density at radius 1 is 0.355 bits per heavy atom. The molecule has 3 nitrogen and oxygen atoms in total. The smallest absolute Gasteiger partial charge is 0.143 e. The first-order chi connectivity index (χ1) is 36.6. The van der Waals surface area contributed by atoms with Crippen molar-refractivity contribution in [2.75, 3.05) is 4.90 Å². The standard InChI is InChI=1S/C73H59NO2/c1-70(2,3)44-29-27-43(28-30-44)52-39-60-65(68-51-23-15-18-26-63(51)76-69(52)68)49-34-32-46(38-57(49)73(60,8)9)74(61-24-16-13-21-47(61)42-19-11-10-12-20-42)45-31-33-48-53-40-59-54(41-58(53)72(6,7)56(48)37-45)66-55(71(59,4)5)35-36-64-67(66)50-22-14-17-25-62(50)75-64/h10-41H,1-9H3. The van der Waals surface area contributed by atoms with Crippen molar-refractivity contribution in [3.05, 3.63) is 233 Å². The van der Waals surface area contributed by atoms with E-state index in [9.17, 15) is 0 Å². The number of benzene rings is 10. The van der Waals surface area contributed by atoms with E-state index in [1.54, 1.807) is 0 Å². The van der Waals surface area contributed by atoms with E-state index < -0.39 is 0 Å². The highest BCUT2D eigenvalue weighted by atomic mass is 16.3. The van der Waals surface area contributed by atoms with Crippen molar-refractivity contribution in [1.82, 2.24) is 0 Å². The van der Waals surface area contributed by atoms with Crippen molar-refractivity contribution >= 4 is 60.9 Å². The lowest BCUT2D eigenvalue weighted by atomic mass is 9.79. The second-order valence-corrected chi connectivity index (χ2v) is 24.4. The zero-order chi connectivity index (χ0) is 51.8. The molecule has 3 aliphatic carbocycles. The molecule has 0 radical (unpaired) electrons. The minimum Gasteiger partial charge on any atom is -0.456 e. The van der Waals surface area contributed by atoms with Gasteiger partial charge in [0, 0.05) is 60.3 Å². The number of fused-ring (bicyclic) bond motifs is 17. The van der Waals surface area contributed by atoms with Gasteiger partial charge in [0.1, 0.15) is 22.3 Å². The van der Waals surface area contributed by atoms with Crippen LogP contribution in [-0.4, -0.2) is 0 Å². The van der Waals surface area contributed by atoms with E-state index in [1.807, 2.05) is 0 Å². The van der Waals surface area contributed by atoms with E-state index in [4.69, 9.17) is 8.83 Å². The average molecular weight is 982 g/mol. The predicted octanol–water partition coefficient (Wildman–Crippen LogP) is 20.5. The first-order valence-electron chi connectivity index (χ1n) is 27.1. The van der Waals surface area contributed by atoms with Crippen LogP contribution in [0.25, 0.3) is 99.5 Å². The number of para-hydroxylation sites is 3. The molecule has 368 valence electrons. The van der Waals surface area contributed by atoms with Crippen molar-refractivity contribution in [2.45, 2.75) is 84.0 Å². The Labute approximate surface area is 445 Å².